The molecule has 0 radical (unpaired) electrons. The molecule has 0 aromatic rings. The van der Waals surface area contributed by atoms with E-state index < -0.39 is 24.9 Å². The first-order valence-corrected chi connectivity index (χ1v) is 5.62. The molecular formula is C10H15F3N2O2. The Morgan fingerprint density at radius 2 is 1.82 bits per heavy atom. The number of rotatable bonds is 1. The van der Waals surface area contributed by atoms with Gasteiger partial charge in [-0.05, 0) is 25.9 Å². The molecule has 0 atom stereocenters. The molecule has 2 saturated heterocycles. The third-order valence-electron chi connectivity index (χ3n) is 3.43. The van der Waals surface area contributed by atoms with Crippen LogP contribution < -0.4 is 5.32 Å². The molecule has 2 rings (SSSR count). The molecule has 0 spiro atoms. The number of carbonyl (C=O) groups excluding carboxylic acids is 1. The van der Waals surface area contributed by atoms with Gasteiger partial charge in [0, 0.05) is 5.92 Å². The van der Waals surface area contributed by atoms with Crippen molar-refractivity contribution in [2.45, 2.75) is 24.6 Å². The second-order valence-electron chi connectivity index (χ2n) is 4.75. The van der Waals surface area contributed by atoms with Crippen molar-refractivity contribution in [3.63, 3.8) is 0 Å². The highest BCUT2D eigenvalue weighted by atomic mass is 19.4. The van der Waals surface area contributed by atoms with Gasteiger partial charge in [0.25, 0.3) is 0 Å². The minimum absolute atomic E-state index is 0.200. The molecule has 0 saturated carbocycles. The van der Waals surface area contributed by atoms with E-state index in [0.717, 1.165) is 4.90 Å². The topological polar surface area (TPSA) is 52.6 Å². The fourth-order valence-corrected chi connectivity index (χ4v) is 2.25. The van der Waals surface area contributed by atoms with E-state index in [0.29, 0.717) is 25.9 Å². The average Bonchev–Trinajstić information content (AvgIpc) is 2.23. The number of nitrogens with zero attached hydrogens (tertiary/aromatic N) is 1. The van der Waals surface area contributed by atoms with Crippen LogP contribution in [0.25, 0.3) is 0 Å². The second-order valence-corrected chi connectivity index (χ2v) is 4.75. The zero-order chi connectivity index (χ0) is 12.7. The standard InChI is InChI=1S/C10H15F3N2O2/c11-10(12,13)9(17)5-15(6-9)8(16)7-1-3-14-4-2-7/h7,14,17H,1-6H2. The summed E-state index contributed by atoms with van der Waals surface area (Å²) in [6.07, 6.45) is -3.35. The van der Waals surface area contributed by atoms with Crippen LogP contribution in [0.2, 0.25) is 0 Å². The smallest absolute Gasteiger partial charge is 0.378 e. The number of halogens is 3. The van der Waals surface area contributed by atoms with E-state index in [9.17, 15) is 23.1 Å². The number of aliphatic hydroxyl groups is 1. The van der Waals surface area contributed by atoms with Crippen LogP contribution in [-0.2, 0) is 4.79 Å². The van der Waals surface area contributed by atoms with Gasteiger partial charge < -0.3 is 15.3 Å². The van der Waals surface area contributed by atoms with Gasteiger partial charge in [0.1, 0.15) is 0 Å². The van der Waals surface area contributed by atoms with Crippen molar-refractivity contribution in [1.29, 1.82) is 0 Å². The molecule has 0 aromatic heterocycles. The van der Waals surface area contributed by atoms with Crippen LogP contribution in [0, 0.1) is 5.92 Å². The predicted octanol–water partition coefficient (Wildman–Crippen LogP) is 0.122. The minimum atomic E-state index is -4.65. The van der Waals surface area contributed by atoms with Crippen molar-refractivity contribution in [2.24, 2.45) is 5.92 Å². The summed E-state index contributed by atoms with van der Waals surface area (Å²) in [4.78, 5) is 12.9. The van der Waals surface area contributed by atoms with Crippen molar-refractivity contribution >= 4 is 5.91 Å². The molecule has 17 heavy (non-hydrogen) atoms. The number of piperidine rings is 1. The van der Waals surface area contributed by atoms with E-state index >= 15 is 0 Å². The number of nitrogens with one attached hydrogen (secondary N) is 1. The van der Waals surface area contributed by atoms with Crippen LogP contribution in [0.5, 0.6) is 0 Å². The van der Waals surface area contributed by atoms with Gasteiger partial charge in [0.15, 0.2) is 5.60 Å². The molecule has 1 amide bonds. The zero-order valence-corrected chi connectivity index (χ0v) is 9.26. The molecule has 0 aliphatic carbocycles. The lowest BCUT2D eigenvalue weighted by molar-refractivity contribution is -0.298. The van der Waals surface area contributed by atoms with Crippen molar-refractivity contribution in [3.8, 4) is 0 Å². The molecular weight excluding hydrogens is 237 g/mol. The molecule has 2 aliphatic heterocycles. The lowest BCUT2D eigenvalue weighted by Gasteiger charge is -2.48. The van der Waals surface area contributed by atoms with Gasteiger partial charge in [-0.25, -0.2) is 0 Å². The first kappa shape index (κ1) is 12.6. The molecule has 2 fully saturated rings. The van der Waals surface area contributed by atoms with Crippen LogP contribution in [0.3, 0.4) is 0 Å². The number of likely N-dealkylation sites (tertiary alicyclic amines) is 1. The van der Waals surface area contributed by atoms with E-state index in [-0.39, 0.29) is 11.8 Å². The summed E-state index contributed by atoms with van der Waals surface area (Å²) in [5.74, 6) is -0.463. The summed E-state index contributed by atoms with van der Waals surface area (Å²) >= 11 is 0. The van der Waals surface area contributed by atoms with Crippen molar-refractivity contribution in [1.82, 2.24) is 10.2 Å². The first-order chi connectivity index (χ1) is 7.83. The Balaban J connectivity index is 1.89. The van der Waals surface area contributed by atoms with E-state index in [2.05, 4.69) is 5.32 Å². The molecule has 2 heterocycles. The zero-order valence-electron chi connectivity index (χ0n) is 9.26. The van der Waals surface area contributed by atoms with Crippen LogP contribution >= 0.6 is 0 Å². The molecule has 98 valence electrons. The van der Waals surface area contributed by atoms with Gasteiger partial charge >= 0.3 is 6.18 Å². The molecule has 4 nitrogen and oxygen atoms in total. The molecule has 0 bridgehead atoms. The Hall–Kier alpha value is -0.820. The minimum Gasteiger partial charge on any atom is -0.378 e. The van der Waals surface area contributed by atoms with E-state index in [1.54, 1.807) is 0 Å². The summed E-state index contributed by atoms with van der Waals surface area (Å²) in [7, 11) is 0. The van der Waals surface area contributed by atoms with Gasteiger partial charge in [-0.3, -0.25) is 4.79 Å². The second kappa shape index (κ2) is 4.13. The van der Waals surface area contributed by atoms with Crippen LogP contribution in [-0.4, -0.2) is 53.9 Å². The lowest BCUT2D eigenvalue weighted by atomic mass is 9.89. The highest BCUT2D eigenvalue weighted by Gasteiger charge is 2.62. The van der Waals surface area contributed by atoms with Gasteiger partial charge in [-0.2, -0.15) is 13.2 Å². The third-order valence-corrected chi connectivity index (χ3v) is 3.43. The highest BCUT2D eigenvalue weighted by molar-refractivity contribution is 5.80. The first-order valence-electron chi connectivity index (χ1n) is 5.62. The largest absolute Gasteiger partial charge is 0.420 e. The fourth-order valence-electron chi connectivity index (χ4n) is 2.25. The van der Waals surface area contributed by atoms with Crippen LogP contribution in [0.4, 0.5) is 13.2 Å². The number of amides is 1. The Morgan fingerprint density at radius 1 is 1.29 bits per heavy atom. The molecule has 0 aromatic carbocycles. The van der Waals surface area contributed by atoms with Gasteiger partial charge in [0.05, 0.1) is 13.1 Å². The summed E-state index contributed by atoms with van der Waals surface area (Å²) in [5, 5.41) is 12.3. The van der Waals surface area contributed by atoms with Crippen LogP contribution in [0.15, 0.2) is 0 Å². The van der Waals surface area contributed by atoms with Crippen LogP contribution in [0.1, 0.15) is 12.8 Å². The summed E-state index contributed by atoms with van der Waals surface area (Å²) < 4.78 is 37.1. The number of β-amino-alcohol motifs (C(OH)–C–C–N with tert-alkyl or cyclic N) is 1. The summed E-state index contributed by atoms with van der Waals surface area (Å²) in [5.41, 5.74) is -2.70. The number of hydrogen-bond donors (Lipinski definition) is 2. The lowest BCUT2D eigenvalue weighted by Crippen LogP contribution is -2.71. The number of carbonyl (C=O) groups is 1. The molecule has 0 unspecified atom stereocenters. The van der Waals surface area contributed by atoms with Gasteiger partial charge in [0.2, 0.25) is 5.91 Å². The molecule has 2 aliphatic rings. The monoisotopic (exact) mass is 252 g/mol. The van der Waals surface area contributed by atoms with Crippen molar-refractivity contribution in [2.75, 3.05) is 26.2 Å². The Bertz CT molecular complexity index is 307. The van der Waals surface area contributed by atoms with Crippen molar-refractivity contribution in [3.05, 3.63) is 0 Å². The average molecular weight is 252 g/mol. The molecule has 7 heteroatoms. The summed E-state index contributed by atoms with van der Waals surface area (Å²) in [6, 6.07) is 0. The maximum atomic E-state index is 12.4. The molecule has 2 N–H and O–H groups in total. The maximum absolute atomic E-state index is 12.4. The normalized spacial score (nSPS) is 25.5. The number of alkyl halides is 3. The van der Waals surface area contributed by atoms with E-state index in [1.807, 2.05) is 0 Å². The Labute approximate surface area is 96.8 Å². The number of hydrogen-bond acceptors (Lipinski definition) is 3. The van der Waals surface area contributed by atoms with Gasteiger partial charge in [-0.15, -0.1) is 0 Å². The SMILES string of the molecule is O=C(C1CCNCC1)N1CC(O)(C(F)(F)F)C1. The van der Waals surface area contributed by atoms with E-state index in [1.165, 1.54) is 0 Å². The Morgan fingerprint density at radius 3 is 2.29 bits per heavy atom. The summed E-state index contributed by atoms with van der Waals surface area (Å²) in [6.45, 7) is 0.181. The van der Waals surface area contributed by atoms with Crippen molar-refractivity contribution < 1.29 is 23.1 Å². The third kappa shape index (κ3) is 2.26. The Kier molecular flexibility index (Phi) is 3.07. The van der Waals surface area contributed by atoms with E-state index in [4.69, 9.17) is 0 Å². The fraction of sp³-hybridized carbons (Fsp3) is 0.900. The maximum Gasteiger partial charge on any atom is 0.420 e. The predicted molar refractivity (Wildman–Crippen MR) is 53.2 cm³/mol. The highest BCUT2D eigenvalue weighted by Crippen LogP contribution is 2.38. The van der Waals surface area contributed by atoms with Gasteiger partial charge in [-0.1, -0.05) is 0 Å². The quantitative estimate of drug-likeness (QED) is 0.697.